The van der Waals surface area contributed by atoms with Crippen LogP contribution in [0.4, 0.5) is 18.9 Å². The zero-order valence-corrected chi connectivity index (χ0v) is 24.9. The molecule has 232 valence electrons. The number of halogens is 4. The van der Waals surface area contributed by atoms with E-state index in [0.717, 1.165) is 16.4 Å². The van der Waals surface area contributed by atoms with Crippen molar-refractivity contribution in [3.8, 4) is 34.1 Å². The fraction of sp³-hybridized carbons (Fsp3) is 0.219. The van der Waals surface area contributed by atoms with Gasteiger partial charge in [0.1, 0.15) is 0 Å². The summed E-state index contributed by atoms with van der Waals surface area (Å²) in [5.41, 5.74) is 1.96. The van der Waals surface area contributed by atoms with E-state index >= 15 is 0 Å². The number of nitriles is 1. The highest BCUT2D eigenvalue weighted by atomic mass is 35.5. The molecule has 0 radical (unpaired) electrons. The molecular weight excluding hydrogens is 621 g/mol. The van der Waals surface area contributed by atoms with E-state index in [9.17, 15) is 28.0 Å². The fourth-order valence-corrected chi connectivity index (χ4v) is 5.59. The van der Waals surface area contributed by atoms with Crippen LogP contribution in [0.15, 0.2) is 78.1 Å². The number of aromatic nitrogens is 6. The van der Waals surface area contributed by atoms with Gasteiger partial charge in [-0.05, 0) is 60.9 Å². The molecule has 5 aromatic rings. The maximum absolute atomic E-state index is 13.7. The van der Waals surface area contributed by atoms with Crippen LogP contribution in [-0.2, 0) is 11.0 Å². The number of hydrogen-bond acceptors (Lipinski definition) is 7. The first-order chi connectivity index (χ1) is 22.0. The molecule has 0 saturated heterocycles. The van der Waals surface area contributed by atoms with Gasteiger partial charge in [0, 0.05) is 40.0 Å². The van der Waals surface area contributed by atoms with Gasteiger partial charge in [-0.15, -0.1) is 5.10 Å². The Morgan fingerprint density at radius 3 is 2.59 bits per heavy atom. The molecule has 2 atom stereocenters. The van der Waals surface area contributed by atoms with E-state index < -0.39 is 23.5 Å². The summed E-state index contributed by atoms with van der Waals surface area (Å²) in [5.74, 6) is -0.531. The Morgan fingerprint density at radius 1 is 1.02 bits per heavy atom. The number of anilines is 1. The predicted octanol–water partition coefficient (Wildman–Crippen LogP) is 6.44. The molecule has 46 heavy (non-hydrogen) atoms. The minimum Gasteiger partial charge on any atom is -0.325 e. The van der Waals surface area contributed by atoms with Gasteiger partial charge < -0.3 is 5.32 Å². The number of amides is 1. The summed E-state index contributed by atoms with van der Waals surface area (Å²) in [7, 11) is 0. The molecule has 0 saturated carbocycles. The third-order valence-corrected chi connectivity index (χ3v) is 8.07. The Bertz CT molecular complexity index is 2070. The Hall–Kier alpha value is -5.35. The third-order valence-electron chi connectivity index (χ3n) is 7.84. The summed E-state index contributed by atoms with van der Waals surface area (Å²) in [5, 5.41) is 19.5. The molecule has 2 bridgehead atoms. The maximum Gasteiger partial charge on any atom is 0.436 e. The quantitative estimate of drug-likeness (QED) is 0.239. The van der Waals surface area contributed by atoms with Crippen molar-refractivity contribution in [2.75, 3.05) is 5.32 Å². The van der Waals surface area contributed by atoms with E-state index in [1.165, 1.54) is 35.2 Å². The largest absolute Gasteiger partial charge is 0.436 e. The summed E-state index contributed by atoms with van der Waals surface area (Å²) < 4.78 is 42.1. The maximum atomic E-state index is 13.7. The highest BCUT2D eigenvalue weighted by Gasteiger charge is 2.35. The van der Waals surface area contributed by atoms with Crippen LogP contribution >= 0.6 is 11.6 Å². The highest BCUT2D eigenvalue weighted by Crippen LogP contribution is 2.34. The van der Waals surface area contributed by atoms with E-state index in [-0.39, 0.29) is 33.8 Å². The van der Waals surface area contributed by atoms with E-state index in [2.05, 4.69) is 31.7 Å². The molecule has 1 amide bonds. The zero-order chi connectivity index (χ0) is 32.6. The van der Waals surface area contributed by atoms with Crippen molar-refractivity contribution in [1.82, 2.24) is 29.5 Å². The van der Waals surface area contributed by atoms with Crippen LogP contribution in [0, 0.1) is 17.2 Å². The van der Waals surface area contributed by atoms with Crippen LogP contribution in [0.1, 0.15) is 49.2 Å². The highest BCUT2D eigenvalue weighted by molar-refractivity contribution is 6.31. The van der Waals surface area contributed by atoms with Gasteiger partial charge in [0.25, 0.3) is 5.56 Å². The lowest BCUT2D eigenvalue weighted by Gasteiger charge is -2.23. The number of benzene rings is 2. The minimum absolute atomic E-state index is 0.171. The number of fused-ring (bicyclic) bond motifs is 4. The number of nitrogens with zero attached hydrogens (tertiary/aromatic N) is 7. The number of pyridine rings is 1. The molecule has 0 spiro atoms. The van der Waals surface area contributed by atoms with Crippen molar-refractivity contribution < 1.29 is 18.0 Å². The normalized spacial score (nSPS) is 16.8. The number of nitrogens with one attached hydrogen (secondary N) is 1. The topological polar surface area (TPSA) is 131 Å². The molecule has 2 aromatic carbocycles. The van der Waals surface area contributed by atoms with Crippen LogP contribution in [-0.4, -0.2) is 35.4 Å². The number of hydrogen-bond donors (Lipinski definition) is 1. The molecule has 0 fully saturated rings. The monoisotopic (exact) mass is 644 g/mol. The molecule has 0 unspecified atom stereocenters. The van der Waals surface area contributed by atoms with E-state index in [4.69, 9.17) is 11.6 Å². The summed E-state index contributed by atoms with van der Waals surface area (Å²) in [6, 6.07) is 16.0. The van der Waals surface area contributed by atoms with Gasteiger partial charge in [0.2, 0.25) is 5.91 Å². The van der Waals surface area contributed by atoms with Gasteiger partial charge in [-0.1, -0.05) is 36.2 Å². The number of carbonyl (C=O) groups excluding carboxylic acids is 1. The standard InChI is InChI=1S/C32H24ClF3N8O2/c1-18-3-2-4-28(26-12-20(9-10-38-26)22-7-5-19(15-37)11-25(22)40-31(18)46)43-17-39-24(14-30(43)45)23-13-21(33)6-8-27(23)44-16-29(41-42-44)32(34,35)36/h5-14,16-18,28H,2-4H2,1H3,(H,40,46)/t18-,28+/m1/s1. The number of rotatable bonds is 3. The second kappa shape index (κ2) is 12.2. The number of alkyl halides is 3. The van der Waals surface area contributed by atoms with E-state index in [1.54, 1.807) is 30.5 Å². The summed E-state index contributed by atoms with van der Waals surface area (Å²) >= 11 is 6.24. The van der Waals surface area contributed by atoms with Crippen LogP contribution in [0.25, 0.3) is 28.1 Å². The number of carbonyl (C=O) groups is 1. The van der Waals surface area contributed by atoms with Crippen molar-refractivity contribution in [2.45, 2.75) is 38.4 Å². The van der Waals surface area contributed by atoms with Gasteiger partial charge in [-0.2, -0.15) is 18.4 Å². The SMILES string of the molecule is C[C@@H]1CCC[C@H](n2cnc(-c3cc(Cl)ccc3-n3cc(C(F)(F)F)nn3)cc2=O)c2cc(ccn2)-c2ccc(C#N)cc2NC1=O. The van der Waals surface area contributed by atoms with Crippen LogP contribution < -0.4 is 10.9 Å². The van der Waals surface area contributed by atoms with Crippen molar-refractivity contribution >= 4 is 23.2 Å². The minimum atomic E-state index is -4.69. The van der Waals surface area contributed by atoms with Crippen LogP contribution in [0.2, 0.25) is 5.02 Å². The second-order valence-corrected chi connectivity index (χ2v) is 11.3. The fourth-order valence-electron chi connectivity index (χ4n) is 5.42. The lowest BCUT2D eigenvalue weighted by atomic mass is 9.95. The van der Waals surface area contributed by atoms with Crippen LogP contribution in [0.5, 0.6) is 0 Å². The van der Waals surface area contributed by atoms with Crippen LogP contribution in [0.3, 0.4) is 0 Å². The van der Waals surface area contributed by atoms with Gasteiger partial charge in [0.15, 0.2) is 5.69 Å². The molecule has 10 nitrogen and oxygen atoms in total. The first kappa shape index (κ1) is 30.7. The molecule has 14 heteroatoms. The summed E-state index contributed by atoms with van der Waals surface area (Å²) in [6.45, 7) is 1.82. The molecule has 6 rings (SSSR count). The van der Waals surface area contributed by atoms with Crippen molar-refractivity contribution in [1.29, 1.82) is 5.26 Å². The Balaban J connectivity index is 1.42. The molecular formula is C32H24ClF3N8O2. The first-order valence-electron chi connectivity index (χ1n) is 14.2. The van der Waals surface area contributed by atoms with Gasteiger partial charge in [0.05, 0.1) is 47.3 Å². The first-order valence-corrected chi connectivity index (χ1v) is 14.6. The average Bonchev–Trinajstić information content (AvgIpc) is 3.54. The molecule has 3 aromatic heterocycles. The van der Waals surface area contributed by atoms with E-state index in [0.29, 0.717) is 41.8 Å². The third kappa shape index (κ3) is 6.12. The molecule has 1 N–H and O–H groups in total. The van der Waals surface area contributed by atoms with Gasteiger partial charge >= 0.3 is 6.18 Å². The Kier molecular flexibility index (Phi) is 8.14. The Labute approximate surface area is 265 Å². The lowest BCUT2D eigenvalue weighted by Crippen LogP contribution is -2.27. The Morgan fingerprint density at radius 2 is 1.85 bits per heavy atom. The van der Waals surface area contributed by atoms with Crippen molar-refractivity contribution in [2.24, 2.45) is 5.92 Å². The zero-order valence-electron chi connectivity index (χ0n) is 24.2. The smallest absolute Gasteiger partial charge is 0.325 e. The second-order valence-electron chi connectivity index (χ2n) is 10.9. The summed E-state index contributed by atoms with van der Waals surface area (Å²) in [4.78, 5) is 35.9. The van der Waals surface area contributed by atoms with Crippen molar-refractivity contribution in [3.05, 3.63) is 106 Å². The molecule has 1 aliphatic rings. The molecule has 1 aliphatic heterocycles. The van der Waals surface area contributed by atoms with Crippen molar-refractivity contribution in [3.63, 3.8) is 0 Å². The lowest BCUT2D eigenvalue weighted by molar-refractivity contribution is -0.141. The molecule has 0 aliphatic carbocycles. The predicted molar refractivity (Wildman–Crippen MR) is 163 cm³/mol. The molecule has 4 heterocycles. The van der Waals surface area contributed by atoms with Gasteiger partial charge in [-0.25, -0.2) is 9.67 Å². The average molecular weight is 645 g/mol. The summed E-state index contributed by atoms with van der Waals surface area (Å²) in [6.07, 6.45) is 0.629. The van der Waals surface area contributed by atoms with Gasteiger partial charge in [-0.3, -0.25) is 19.1 Å². The van der Waals surface area contributed by atoms with E-state index in [1.807, 2.05) is 13.0 Å².